The third-order valence-electron chi connectivity index (χ3n) is 7.01. The second kappa shape index (κ2) is 9.11. The second-order valence-electron chi connectivity index (χ2n) is 8.58. The average molecular weight is 457 g/mol. The van der Waals surface area contributed by atoms with Gasteiger partial charge in [0.25, 0.3) is 0 Å². The molecule has 3 aromatic rings. The van der Waals surface area contributed by atoms with Crippen molar-refractivity contribution in [3.8, 4) is 24.3 Å². The van der Waals surface area contributed by atoms with Gasteiger partial charge in [-0.3, -0.25) is 10.1 Å². The van der Waals surface area contributed by atoms with Crippen molar-refractivity contribution in [2.75, 3.05) is 0 Å². The zero-order valence-electron chi connectivity index (χ0n) is 18.5. The molecule has 2 atom stereocenters. The van der Waals surface area contributed by atoms with E-state index in [1.54, 1.807) is 91.0 Å². The van der Waals surface area contributed by atoms with Gasteiger partial charge >= 0.3 is 0 Å². The first-order valence-electron chi connectivity index (χ1n) is 10.9. The van der Waals surface area contributed by atoms with Crippen molar-refractivity contribution in [3.05, 3.63) is 118 Å². The summed E-state index contributed by atoms with van der Waals surface area (Å²) in [4.78, 5) is 12.2. The first-order valence-corrected chi connectivity index (χ1v) is 10.9. The second-order valence-corrected chi connectivity index (χ2v) is 8.58. The lowest BCUT2D eigenvalue weighted by atomic mass is 9.43. The molecule has 0 aromatic heterocycles. The van der Waals surface area contributed by atoms with Crippen LogP contribution in [0.3, 0.4) is 0 Å². The quantitative estimate of drug-likeness (QED) is 0.396. The van der Waals surface area contributed by atoms with Gasteiger partial charge in [0.15, 0.2) is 10.8 Å². The number of benzene rings is 3. The Morgan fingerprint density at radius 3 is 1.20 bits per heavy atom. The molecule has 1 saturated carbocycles. The molecule has 1 aliphatic rings. The monoisotopic (exact) mass is 457 g/mol. The van der Waals surface area contributed by atoms with Gasteiger partial charge in [0, 0.05) is 10.8 Å². The largest absolute Gasteiger partial charge is 0.264 e. The molecule has 1 aliphatic carbocycles. The Morgan fingerprint density at radius 2 is 0.914 bits per heavy atom. The maximum absolute atomic E-state index is 12.8. The zero-order chi connectivity index (χ0) is 25.1. The lowest BCUT2D eigenvalue weighted by molar-refractivity contribution is -0.539. The van der Waals surface area contributed by atoms with Gasteiger partial charge in [-0.05, 0) is 16.7 Å². The van der Waals surface area contributed by atoms with Crippen LogP contribution in [0.2, 0.25) is 0 Å². The topological polar surface area (TPSA) is 138 Å². The molecular formula is C28H19N5O2. The fourth-order valence-corrected chi connectivity index (χ4v) is 5.69. The van der Waals surface area contributed by atoms with Crippen molar-refractivity contribution < 1.29 is 4.92 Å². The van der Waals surface area contributed by atoms with E-state index < -0.39 is 39.5 Å². The highest BCUT2D eigenvalue weighted by Crippen LogP contribution is 2.66. The summed E-state index contributed by atoms with van der Waals surface area (Å²) in [6, 6.07) is 32.0. The van der Waals surface area contributed by atoms with E-state index in [9.17, 15) is 31.2 Å². The number of hydrogen-bond acceptors (Lipinski definition) is 6. The summed E-state index contributed by atoms with van der Waals surface area (Å²) in [6.07, 6.45) is 0. The van der Waals surface area contributed by atoms with E-state index in [0.717, 1.165) is 0 Å². The van der Waals surface area contributed by atoms with Crippen LogP contribution in [0.1, 0.15) is 34.4 Å². The molecular weight excluding hydrogens is 438 g/mol. The number of nitrogens with zero attached hydrogens (tertiary/aromatic N) is 5. The van der Waals surface area contributed by atoms with Crippen molar-refractivity contribution >= 4 is 0 Å². The van der Waals surface area contributed by atoms with Crippen LogP contribution >= 0.6 is 0 Å². The number of nitriles is 4. The van der Waals surface area contributed by atoms with E-state index in [0.29, 0.717) is 16.7 Å². The van der Waals surface area contributed by atoms with E-state index >= 15 is 0 Å². The molecule has 0 bridgehead atoms. The van der Waals surface area contributed by atoms with Crippen molar-refractivity contribution in [2.45, 2.75) is 23.8 Å². The number of hydrogen-bond donors (Lipinski definition) is 0. The Labute approximate surface area is 202 Å². The SMILES string of the molecule is N#CC1(C#N)C(c2ccccc2)C(C#N)(C#N)[C@H](c2ccccc2)C([N+](=O)[O-])[C@H]1c1ccccc1. The van der Waals surface area contributed by atoms with Crippen LogP contribution < -0.4 is 0 Å². The van der Waals surface area contributed by atoms with Crippen molar-refractivity contribution in [3.63, 3.8) is 0 Å². The molecule has 0 spiro atoms. The molecule has 1 fully saturated rings. The molecule has 0 radical (unpaired) electrons. The molecule has 3 aromatic carbocycles. The normalized spacial score (nSPS) is 24.0. The molecule has 0 unspecified atom stereocenters. The highest BCUT2D eigenvalue weighted by molar-refractivity contribution is 5.51. The van der Waals surface area contributed by atoms with E-state index in [-0.39, 0.29) is 0 Å². The lowest BCUT2D eigenvalue weighted by Crippen LogP contribution is -2.59. The van der Waals surface area contributed by atoms with Gasteiger partial charge in [0.2, 0.25) is 6.04 Å². The van der Waals surface area contributed by atoms with Crippen LogP contribution in [0.5, 0.6) is 0 Å². The van der Waals surface area contributed by atoms with Crippen LogP contribution in [0, 0.1) is 66.3 Å². The average Bonchev–Trinajstić information content (AvgIpc) is 2.92. The molecule has 168 valence electrons. The van der Waals surface area contributed by atoms with Gasteiger partial charge in [-0.15, -0.1) is 0 Å². The first-order chi connectivity index (χ1) is 17.0. The summed E-state index contributed by atoms with van der Waals surface area (Å²) in [7, 11) is 0. The molecule has 7 heteroatoms. The fourth-order valence-electron chi connectivity index (χ4n) is 5.69. The van der Waals surface area contributed by atoms with E-state index in [2.05, 4.69) is 24.3 Å². The minimum atomic E-state index is -2.07. The maximum Gasteiger partial charge on any atom is 0.231 e. The summed E-state index contributed by atoms with van der Waals surface area (Å²) >= 11 is 0. The van der Waals surface area contributed by atoms with Gasteiger partial charge in [-0.2, -0.15) is 21.0 Å². The summed E-state index contributed by atoms with van der Waals surface area (Å²) < 4.78 is 0. The molecule has 0 saturated heterocycles. The Morgan fingerprint density at radius 1 is 0.600 bits per heavy atom. The standard InChI is InChI=1S/C28H19N5O2/c29-16-27(17-30)23(20-10-4-1-5-11-20)25(33(34)35)24(21-12-6-2-7-13-21)28(18-31,19-32)26(27)22-14-8-3-9-15-22/h1-15,23-26H/t23-,24-,25?,26?/m1/s1. The number of rotatable bonds is 4. The molecule has 35 heavy (non-hydrogen) atoms. The molecule has 0 heterocycles. The predicted octanol–water partition coefficient (Wildman–Crippen LogP) is 5.06. The molecule has 0 aliphatic heterocycles. The number of nitro groups is 1. The zero-order valence-corrected chi connectivity index (χ0v) is 18.5. The lowest BCUT2D eigenvalue weighted by Gasteiger charge is -2.51. The van der Waals surface area contributed by atoms with Crippen LogP contribution in [0.25, 0.3) is 0 Å². The maximum atomic E-state index is 12.8. The molecule has 0 amide bonds. The van der Waals surface area contributed by atoms with Gasteiger partial charge in [-0.25, -0.2) is 0 Å². The van der Waals surface area contributed by atoms with Crippen LogP contribution in [0.4, 0.5) is 0 Å². The highest BCUT2D eigenvalue weighted by atomic mass is 16.6. The summed E-state index contributed by atoms with van der Waals surface area (Å²) in [5.41, 5.74) is -2.84. The van der Waals surface area contributed by atoms with Crippen molar-refractivity contribution in [1.82, 2.24) is 0 Å². The fraction of sp³-hybridized carbons (Fsp3) is 0.214. The predicted molar refractivity (Wildman–Crippen MR) is 126 cm³/mol. The minimum Gasteiger partial charge on any atom is -0.264 e. The van der Waals surface area contributed by atoms with Gasteiger partial charge < -0.3 is 0 Å². The Kier molecular flexibility index (Phi) is 6.03. The highest BCUT2D eigenvalue weighted by Gasteiger charge is 2.72. The van der Waals surface area contributed by atoms with E-state index in [1.165, 1.54) is 0 Å². The summed E-state index contributed by atoms with van der Waals surface area (Å²) in [5.74, 6) is -3.66. The molecule has 4 rings (SSSR count). The Bertz CT molecular complexity index is 1280. The van der Waals surface area contributed by atoms with Gasteiger partial charge in [-0.1, -0.05) is 91.0 Å². The van der Waals surface area contributed by atoms with Crippen molar-refractivity contribution in [2.24, 2.45) is 10.8 Å². The van der Waals surface area contributed by atoms with E-state index in [1.807, 2.05) is 0 Å². The van der Waals surface area contributed by atoms with Crippen LogP contribution in [0.15, 0.2) is 91.0 Å². The Balaban J connectivity index is 2.20. The van der Waals surface area contributed by atoms with Gasteiger partial charge in [0.1, 0.15) is 0 Å². The van der Waals surface area contributed by atoms with Crippen molar-refractivity contribution in [1.29, 1.82) is 21.0 Å². The minimum absolute atomic E-state index is 0.433. The summed E-state index contributed by atoms with van der Waals surface area (Å²) in [6.45, 7) is 0. The van der Waals surface area contributed by atoms with E-state index in [4.69, 9.17) is 0 Å². The van der Waals surface area contributed by atoms with Gasteiger partial charge in [0.05, 0.1) is 36.1 Å². The third-order valence-corrected chi connectivity index (χ3v) is 7.01. The molecule has 7 nitrogen and oxygen atoms in total. The van der Waals surface area contributed by atoms with Crippen LogP contribution in [-0.4, -0.2) is 11.0 Å². The Hall–Kier alpha value is -4.98. The smallest absolute Gasteiger partial charge is 0.231 e. The third kappa shape index (κ3) is 3.39. The van der Waals surface area contributed by atoms with Crippen LogP contribution in [-0.2, 0) is 0 Å². The summed E-state index contributed by atoms with van der Waals surface area (Å²) in [5, 5.41) is 55.1. The molecule has 0 N–H and O–H groups in total. The first kappa shape index (κ1) is 23.2.